The number of fused-ring (bicyclic) bond motifs is 1. The van der Waals surface area contributed by atoms with Crippen molar-refractivity contribution in [3.05, 3.63) is 0 Å². The summed E-state index contributed by atoms with van der Waals surface area (Å²) in [4.78, 5) is 11.6. The van der Waals surface area contributed by atoms with Crippen molar-refractivity contribution in [1.29, 1.82) is 0 Å². The molecule has 1 saturated carbocycles. The van der Waals surface area contributed by atoms with Crippen molar-refractivity contribution in [3.8, 4) is 0 Å². The molecule has 2 fully saturated rings. The molecule has 0 radical (unpaired) electrons. The van der Waals surface area contributed by atoms with E-state index >= 15 is 0 Å². The number of epoxide rings is 1. The molecule has 0 amide bonds. The molecule has 1 saturated heterocycles. The Labute approximate surface area is 91.1 Å². The molecule has 4 unspecified atom stereocenters. The van der Waals surface area contributed by atoms with Crippen LogP contribution in [0.4, 0.5) is 0 Å². The van der Waals surface area contributed by atoms with Crippen molar-refractivity contribution >= 4 is 5.97 Å². The van der Waals surface area contributed by atoms with E-state index in [1.807, 2.05) is 0 Å². The van der Waals surface area contributed by atoms with E-state index < -0.39 is 0 Å². The standard InChI is InChI=1S/C12H20O3/c1-7(2)4-8-5-10-11(15-10)6-9(8)12(13)14-3/h7-11H,4-6H2,1-3H3. The third kappa shape index (κ3) is 2.33. The summed E-state index contributed by atoms with van der Waals surface area (Å²) >= 11 is 0. The Morgan fingerprint density at radius 1 is 1.40 bits per heavy atom. The summed E-state index contributed by atoms with van der Waals surface area (Å²) in [5.41, 5.74) is 0. The summed E-state index contributed by atoms with van der Waals surface area (Å²) in [6.07, 6.45) is 3.80. The predicted molar refractivity (Wildman–Crippen MR) is 56.3 cm³/mol. The van der Waals surface area contributed by atoms with Crippen molar-refractivity contribution in [2.75, 3.05) is 7.11 Å². The average molecular weight is 212 g/mol. The maximum Gasteiger partial charge on any atom is 0.309 e. The molecule has 2 rings (SSSR count). The van der Waals surface area contributed by atoms with Gasteiger partial charge in [0.05, 0.1) is 25.2 Å². The van der Waals surface area contributed by atoms with Crippen LogP contribution in [0.3, 0.4) is 0 Å². The van der Waals surface area contributed by atoms with Gasteiger partial charge in [0, 0.05) is 0 Å². The van der Waals surface area contributed by atoms with Gasteiger partial charge in [0.1, 0.15) is 0 Å². The first-order valence-electron chi connectivity index (χ1n) is 5.85. The smallest absolute Gasteiger partial charge is 0.309 e. The number of ether oxygens (including phenoxy) is 2. The molecule has 0 aromatic rings. The van der Waals surface area contributed by atoms with Crippen LogP contribution in [0.2, 0.25) is 0 Å². The van der Waals surface area contributed by atoms with Gasteiger partial charge in [-0.2, -0.15) is 0 Å². The minimum atomic E-state index is -0.0467. The zero-order chi connectivity index (χ0) is 11.0. The van der Waals surface area contributed by atoms with Crippen LogP contribution in [0.15, 0.2) is 0 Å². The third-order valence-electron chi connectivity index (χ3n) is 3.56. The van der Waals surface area contributed by atoms with Gasteiger partial charge in [0.25, 0.3) is 0 Å². The van der Waals surface area contributed by atoms with Crippen molar-refractivity contribution < 1.29 is 14.3 Å². The molecule has 15 heavy (non-hydrogen) atoms. The number of esters is 1. The topological polar surface area (TPSA) is 38.8 Å². The van der Waals surface area contributed by atoms with E-state index in [1.54, 1.807) is 0 Å². The van der Waals surface area contributed by atoms with Crippen molar-refractivity contribution in [2.45, 2.75) is 45.3 Å². The van der Waals surface area contributed by atoms with Crippen LogP contribution in [0.25, 0.3) is 0 Å². The fourth-order valence-electron chi connectivity index (χ4n) is 2.81. The lowest BCUT2D eigenvalue weighted by Crippen LogP contribution is -2.32. The van der Waals surface area contributed by atoms with E-state index in [2.05, 4.69) is 13.8 Å². The molecule has 0 aromatic heterocycles. The van der Waals surface area contributed by atoms with E-state index in [4.69, 9.17) is 9.47 Å². The summed E-state index contributed by atoms with van der Waals surface area (Å²) < 4.78 is 10.4. The predicted octanol–water partition coefficient (Wildman–Crippen LogP) is 2.00. The Bertz CT molecular complexity index is 247. The van der Waals surface area contributed by atoms with Gasteiger partial charge in [-0.1, -0.05) is 13.8 Å². The molecule has 4 atom stereocenters. The quantitative estimate of drug-likeness (QED) is 0.530. The minimum absolute atomic E-state index is 0.0467. The highest BCUT2D eigenvalue weighted by atomic mass is 16.6. The summed E-state index contributed by atoms with van der Waals surface area (Å²) in [6, 6.07) is 0. The highest BCUT2D eigenvalue weighted by Crippen LogP contribution is 2.45. The molecule has 1 heterocycles. The van der Waals surface area contributed by atoms with Crippen LogP contribution in [0, 0.1) is 17.8 Å². The maximum absolute atomic E-state index is 11.6. The highest BCUT2D eigenvalue weighted by molar-refractivity contribution is 5.73. The van der Waals surface area contributed by atoms with Crippen LogP contribution in [-0.4, -0.2) is 25.3 Å². The lowest BCUT2D eigenvalue weighted by atomic mass is 9.75. The summed E-state index contributed by atoms with van der Waals surface area (Å²) in [7, 11) is 1.48. The number of carbonyl (C=O) groups excluding carboxylic acids is 1. The zero-order valence-corrected chi connectivity index (χ0v) is 9.73. The molecule has 0 aromatic carbocycles. The Morgan fingerprint density at radius 3 is 2.67 bits per heavy atom. The molecular weight excluding hydrogens is 192 g/mol. The number of rotatable bonds is 3. The second-order valence-electron chi connectivity index (χ2n) is 5.20. The molecule has 1 aliphatic carbocycles. The molecule has 3 heteroatoms. The van der Waals surface area contributed by atoms with Crippen molar-refractivity contribution in [3.63, 3.8) is 0 Å². The summed E-state index contributed by atoms with van der Waals surface area (Å²) in [6.45, 7) is 4.41. The molecule has 86 valence electrons. The van der Waals surface area contributed by atoms with Crippen molar-refractivity contribution in [2.24, 2.45) is 17.8 Å². The Morgan fingerprint density at radius 2 is 2.07 bits per heavy atom. The lowest BCUT2D eigenvalue weighted by Gasteiger charge is -2.28. The summed E-state index contributed by atoms with van der Waals surface area (Å²) in [5, 5.41) is 0. The first-order chi connectivity index (χ1) is 7.11. The molecule has 0 bridgehead atoms. The molecule has 3 nitrogen and oxygen atoms in total. The number of hydrogen-bond donors (Lipinski definition) is 0. The molecular formula is C12H20O3. The fourth-order valence-corrected chi connectivity index (χ4v) is 2.81. The van der Waals surface area contributed by atoms with Crippen LogP contribution in [0.5, 0.6) is 0 Å². The number of methoxy groups -OCH3 is 1. The van der Waals surface area contributed by atoms with Gasteiger partial charge < -0.3 is 9.47 Å². The van der Waals surface area contributed by atoms with Crippen LogP contribution in [-0.2, 0) is 14.3 Å². The van der Waals surface area contributed by atoms with Gasteiger partial charge in [-0.05, 0) is 31.1 Å². The Balaban J connectivity index is 1.99. The fraction of sp³-hybridized carbons (Fsp3) is 0.917. The first-order valence-corrected chi connectivity index (χ1v) is 5.85. The van der Waals surface area contributed by atoms with Crippen LogP contribution < -0.4 is 0 Å². The first kappa shape index (κ1) is 10.9. The largest absolute Gasteiger partial charge is 0.469 e. The monoisotopic (exact) mass is 212 g/mol. The van der Waals surface area contributed by atoms with E-state index in [1.165, 1.54) is 7.11 Å². The normalized spacial score (nSPS) is 38.7. The van der Waals surface area contributed by atoms with Gasteiger partial charge in [-0.25, -0.2) is 0 Å². The molecule has 1 aliphatic heterocycles. The van der Waals surface area contributed by atoms with E-state index in [-0.39, 0.29) is 11.9 Å². The number of carbonyl (C=O) groups is 1. The SMILES string of the molecule is COC(=O)C1CC2OC2CC1CC(C)C. The van der Waals surface area contributed by atoms with Gasteiger partial charge in [-0.3, -0.25) is 4.79 Å². The highest BCUT2D eigenvalue weighted by Gasteiger charge is 2.50. The van der Waals surface area contributed by atoms with Gasteiger partial charge in [0.15, 0.2) is 0 Å². The van der Waals surface area contributed by atoms with Gasteiger partial charge >= 0.3 is 5.97 Å². The minimum Gasteiger partial charge on any atom is -0.469 e. The van der Waals surface area contributed by atoms with E-state index in [0.717, 1.165) is 19.3 Å². The zero-order valence-electron chi connectivity index (χ0n) is 9.73. The van der Waals surface area contributed by atoms with Crippen LogP contribution >= 0.6 is 0 Å². The number of hydrogen-bond acceptors (Lipinski definition) is 3. The molecule has 0 N–H and O–H groups in total. The second kappa shape index (κ2) is 4.12. The van der Waals surface area contributed by atoms with E-state index in [0.29, 0.717) is 24.0 Å². The lowest BCUT2D eigenvalue weighted by molar-refractivity contribution is -0.148. The average Bonchev–Trinajstić information content (AvgIpc) is 2.92. The summed E-state index contributed by atoms with van der Waals surface area (Å²) in [5.74, 6) is 1.12. The molecule has 0 spiro atoms. The Hall–Kier alpha value is -0.570. The maximum atomic E-state index is 11.6. The third-order valence-corrected chi connectivity index (χ3v) is 3.56. The van der Waals surface area contributed by atoms with Gasteiger partial charge in [0.2, 0.25) is 0 Å². The Kier molecular flexibility index (Phi) is 3.01. The molecule has 2 aliphatic rings. The second-order valence-corrected chi connectivity index (χ2v) is 5.20. The van der Waals surface area contributed by atoms with E-state index in [9.17, 15) is 4.79 Å². The van der Waals surface area contributed by atoms with Crippen molar-refractivity contribution in [1.82, 2.24) is 0 Å². The van der Waals surface area contributed by atoms with Gasteiger partial charge in [-0.15, -0.1) is 0 Å². The van der Waals surface area contributed by atoms with Crippen LogP contribution in [0.1, 0.15) is 33.1 Å².